The van der Waals surface area contributed by atoms with Crippen molar-refractivity contribution in [2.45, 2.75) is 18.6 Å². The van der Waals surface area contributed by atoms with Crippen molar-refractivity contribution in [3.63, 3.8) is 0 Å². The molecule has 7 nitrogen and oxygen atoms in total. The Bertz CT molecular complexity index is 499. The first-order chi connectivity index (χ1) is 10.8. The van der Waals surface area contributed by atoms with E-state index in [1.165, 1.54) is 6.20 Å². The summed E-state index contributed by atoms with van der Waals surface area (Å²) in [6.07, 6.45) is 4.16. The van der Waals surface area contributed by atoms with E-state index in [0.29, 0.717) is 18.7 Å². The van der Waals surface area contributed by atoms with Crippen molar-refractivity contribution < 1.29 is 14.3 Å². The number of amides is 1. The fourth-order valence-electron chi connectivity index (χ4n) is 3.21. The van der Waals surface area contributed by atoms with Crippen molar-refractivity contribution in [3.8, 4) is 0 Å². The van der Waals surface area contributed by atoms with Crippen LogP contribution < -0.4 is 0 Å². The molecule has 0 bridgehead atoms. The van der Waals surface area contributed by atoms with E-state index >= 15 is 0 Å². The molecule has 3 heterocycles. The van der Waals surface area contributed by atoms with E-state index in [-0.39, 0.29) is 18.1 Å². The van der Waals surface area contributed by atoms with Crippen molar-refractivity contribution in [2.24, 2.45) is 0 Å². The van der Waals surface area contributed by atoms with Crippen molar-refractivity contribution in [1.29, 1.82) is 0 Å². The van der Waals surface area contributed by atoms with Crippen LogP contribution in [0.2, 0.25) is 0 Å². The van der Waals surface area contributed by atoms with Crippen LogP contribution in [0, 0.1) is 0 Å². The lowest BCUT2D eigenvalue weighted by Gasteiger charge is -2.47. The second kappa shape index (κ2) is 7.13. The zero-order valence-electron chi connectivity index (χ0n) is 12.9. The molecule has 2 aliphatic rings. The summed E-state index contributed by atoms with van der Waals surface area (Å²) in [5, 5.41) is 7.51. The number of hydrogen-bond donors (Lipinski definition) is 0. The smallest absolute Gasteiger partial charge is 0.255 e. The number of hydrogen-bond acceptors (Lipinski definition) is 6. The maximum atomic E-state index is 12.6. The summed E-state index contributed by atoms with van der Waals surface area (Å²) in [7, 11) is 1.71. The van der Waals surface area contributed by atoms with Crippen LogP contribution in [-0.4, -0.2) is 84.6 Å². The van der Waals surface area contributed by atoms with Crippen LogP contribution in [0.15, 0.2) is 18.5 Å². The van der Waals surface area contributed by atoms with Gasteiger partial charge in [-0.1, -0.05) is 0 Å². The Balaban J connectivity index is 1.68. The fraction of sp³-hybridized carbons (Fsp3) is 0.667. The quantitative estimate of drug-likeness (QED) is 0.782. The third-order valence-electron chi connectivity index (χ3n) is 4.40. The minimum Gasteiger partial charge on any atom is -0.383 e. The van der Waals surface area contributed by atoms with E-state index < -0.39 is 0 Å². The zero-order valence-corrected chi connectivity index (χ0v) is 12.9. The number of piperidine rings is 1. The first-order valence-corrected chi connectivity index (χ1v) is 7.70. The highest BCUT2D eigenvalue weighted by Gasteiger charge is 2.38. The summed E-state index contributed by atoms with van der Waals surface area (Å²) >= 11 is 0. The number of carbonyl (C=O) groups excluding carboxylic acids is 1. The molecule has 7 heteroatoms. The number of nitrogens with zero attached hydrogens (tertiary/aromatic N) is 4. The second-order valence-corrected chi connectivity index (χ2v) is 5.68. The molecule has 0 saturated carbocycles. The average Bonchev–Trinajstić information content (AvgIpc) is 2.59. The van der Waals surface area contributed by atoms with Gasteiger partial charge in [-0.25, -0.2) is 0 Å². The Hall–Kier alpha value is -1.57. The molecule has 2 atom stereocenters. The van der Waals surface area contributed by atoms with Crippen molar-refractivity contribution in [1.82, 2.24) is 20.0 Å². The van der Waals surface area contributed by atoms with Gasteiger partial charge in [-0.3, -0.25) is 9.69 Å². The molecule has 1 aromatic heterocycles. The van der Waals surface area contributed by atoms with Gasteiger partial charge in [0.05, 0.1) is 43.3 Å². The molecule has 2 fully saturated rings. The van der Waals surface area contributed by atoms with Gasteiger partial charge in [0.1, 0.15) is 0 Å². The predicted molar refractivity (Wildman–Crippen MR) is 79.5 cm³/mol. The third-order valence-corrected chi connectivity index (χ3v) is 4.40. The van der Waals surface area contributed by atoms with Crippen LogP contribution in [0.5, 0.6) is 0 Å². The summed E-state index contributed by atoms with van der Waals surface area (Å²) in [4.78, 5) is 16.8. The van der Waals surface area contributed by atoms with E-state index in [1.807, 2.05) is 4.90 Å². The zero-order chi connectivity index (χ0) is 15.4. The number of methoxy groups -OCH3 is 1. The van der Waals surface area contributed by atoms with Crippen molar-refractivity contribution in [2.75, 3.05) is 46.5 Å². The van der Waals surface area contributed by atoms with E-state index in [1.54, 1.807) is 19.4 Å². The van der Waals surface area contributed by atoms with Crippen LogP contribution in [0.25, 0.3) is 0 Å². The van der Waals surface area contributed by atoms with Crippen molar-refractivity contribution >= 4 is 5.91 Å². The highest BCUT2D eigenvalue weighted by molar-refractivity contribution is 5.93. The number of morpholine rings is 1. The van der Waals surface area contributed by atoms with E-state index in [0.717, 1.165) is 32.7 Å². The Labute approximate surface area is 130 Å². The number of ether oxygens (including phenoxy) is 2. The molecule has 22 heavy (non-hydrogen) atoms. The molecule has 1 aromatic rings. The Morgan fingerprint density at radius 1 is 1.45 bits per heavy atom. The maximum absolute atomic E-state index is 12.6. The number of likely N-dealkylation sites (tertiary alicyclic amines) is 1. The highest BCUT2D eigenvalue weighted by Crippen LogP contribution is 2.24. The molecule has 0 unspecified atom stereocenters. The highest BCUT2D eigenvalue weighted by atomic mass is 16.5. The van der Waals surface area contributed by atoms with Gasteiger partial charge in [-0.15, -0.1) is 0 Å². The van der Waals surface area contributed by atoms with Gasteiger partial charge in [-0.2, -0.15) is 10.2 Å². The Morgan fingerprint density at radius 3 is 3.14 bits per heavy atom. The first-order valence-electron chi connectivity index (χ1n) is 7.70. The number of aromatic nitrogens is 2. The van der Waals surface area contributed by atoms with E-state index in [2.05, 4.69) is 15.1 Å². The Morgan fingerprint density at radius 2 is 2.36 bits per heavy atom. The van der Waals surface area contributed by atoms with Crippen LogP contribution >= 0.6 is 0 Å². The van der Waals surface area contributed by atoms with Crippen molar-refractivity contribution in [3.05, 3.63) is 24.0 Å². The van der Waals surface area contributed by atoms with Crippen LogP contribution in [0.3, 0.4) is 0 Å². The summed E-state index contributed by atoms with van der Waals surface area (Å²) < 4.78 is 11.1. The van der Waals surface area contributed by atoms with Gasteiger partial charge in [0.25, 0.3) is 5.91 Å². The molecule has 120 valence electrons. The molecule has 0 radical (unpaired) electrons. The standard InChI is InChI=1S/C15H22N4O3/c1-21-8-6-18-7-9-22-14-3-5-19(11-13(14)18)15(20)12-2-4-16-17-10-12/h2,4,10,13-14H,3,5-9,11H2,1H3/t13-,14-/m1/s1. The summed E-state index contributed by atoms with van der Waals surface area (Å²) in [6, 6.07) is 1.96. The fourth-order valence-corrected chi connectivity index (χ4v) is 3.21. The van der Waals surface area contributed by atoms with E-state index in [9.17, 15) is 4.79 Å². The van der Waals surface area contributed by atoms with Crippen LogP contribution in [0.1, 0.15) is 16.8 Å². The first kappa shape index (κ1) is 15.3. The third kappa shape index (κ3) is 3.26. The molecule has 0 aliphatic carbocycles. The predicted octanol–water partition coefficient (Wildman–Crippen LogP) is 0.0383. The lowest BCUT2D eigenvalue weighted by atomic mass is 9.98. The monoisotopic (exact) mass is 306 g/mol. The number of fused-ring (bicyclic) bond motifs is 1. The average molecular weight is 306 g/mol. The molecule has 1 amide bonds. The minimum atomic E-state index is 0.0191. The Kier molecular flexibility index (Phi) is 4.97. The number of rotatable bonds is 4. The SMILES string of the molecule is COCCN1CCO[C@@H]2CCN(C(=O)c3ccnnc3)C[C@H]21. The topological polar surface area (TPSA) is 67.8 Å². The second-order valence-electron chi connectivity index (χ2n) is 5.68. The molecular formula is C15H22N4O3. The molecule has 2 aliphatic heterocycles. The van der Waals surface area contributed by atoms with E-state index in [4.69, 9.17) is 9.47 Å². The maximum Gasteiger partial charge on any atom is 0.255 e. The summed E-state index contributed by atoms with van der Waals surface area (Å²) in [6.45, 7) is 4.64. The largest absolute Gasteiger partial charge is 0.383 e. The minimum absolute atomic E-state index is 0.0191. The van der Waals surface area contributed by atoms with Gasteiger partial charge >= 0.3 is 0 Å². The van der Waals surface area contributed by atoms with Crippen LogP contribution in [0.4, 0.5) is 0 Å². The van der Waals surface area contributed by atoms with Crippen LogP contribution in [-0.2, 0) is 9.47 Å². The van der Waals surface area contributed by atoms with Gasteiger partial charge in [0.2, 0.25) is 0 Å². The molecule has 0 aromatic carbocycles. The molecule has 2 saturated heterocycles. The summed E-state index contributed by atoms with van der Waals surface area (Å²) in [5.41, 5.74) is 0.591. The lowest BCUT2D eigenvalue weighted by Crippen LogP contribution is -2.61. The van der Waals surface area contributed by atoms with Gasteiger partial charge in [0, 0.05) is 33.3 Å². The number of carbonyl (C=O) groups is 1. The van der Waals surface area contributed by atoms with Gasteiger partial charge in [-0.05, 0) is 12.5 Å². The van der Waals surface area contributed by atoms with Gasteiger partial charge < -0.3 is 14.4 Å². The van der Waals surface area contributed by atoms with Gasteiger partial charge in [0.15, 0.2) is 0 Å². The normalized spacial score (nSPS) is 25.8. The molecule has 0 N–H and O–H groups in total. The molecular weight excluding hydrogens is 284 g/mol. The molecule has 3 rings (SSSR count). The summed E-state index contributed by atoms with van der Waals surface area (Å²) in [5.74, 6) is 0.0191. The molecule has 0 spiro atoms. The lowest BCUT2D eigenvalue weighted by molar-refractivity contribution is -0.101.